The average Bonchev–Trinajstić information content (AvgIpc) is 3.15. The third-order valence-corrected chi connectivity index (χ3v) is 5.81. The van der Waals surface area contributed by atoms with Crippen molar-refractivity contribution in [1.82, 2.24) is 0 Å². The Morgan fingerprint density at radius 3 is 2.61 bits per heavy atom. The number of anilines is 2. The van der Waals surface area contributed by atoms with Gasteiger partial charge in [-0.2, -0.15) is 0 Å². The number of methoxy groups -OCH3 is 2. The quantitative estimate of drug-likeness (QED) is 0.598. The van der Waals surface area contributed by atoms with Crippen LogP contribution in [-0.4, -0.2) is 45.2 Å². The highest BCUT2D eigenvalue weighted by atomic mass is 79.9. The zero-order chi connectivity index (χ0) is 22.5. The summed E-state index contributed by atoms with van der Waals surface area (Å²) in [5.74, 6) is -0.901. The maximum Gasteiger partial charge on any atom is 0.311 e. The molecule has 1 heterocycles. The number of amides is 2. The van der Waals surface area contributed by atoms with Crippen LogP contribution in [0.2, 0.25) is 0 Å². The van der Waals surface area contributed by atoms with Gasteiger partial charge in [-0.25, -0.2) is 0 Å². The van der Waals surface area contributed by atoms with Crippen LogP contribution in [0.4, 0.5) is 11.4 Å². The Balaban J connectivity index is 1.59. The number of carbonyl (C=O) groups excluding carboxylic acids is 3. The molecule has 0 saturated carbocycles. The number of benzene rings is 2. The molecule has 2 amide bonds. The van der Waals surface area contributed by atoms with E-state index < -0.39 is 24.4 Å². The van der Waals surface area contributed by atoms with Gasteiger partial charge in [0.05, 0.1) is 25.8 Å². The van der Waals surface area contributed by atoms with E-state index in [1.807, 2.05) is 13.0 Å². The highest BCUT2D eigenvalue weighted by Gasteiger charge is 2.37. The number of hydrogen-bond donors (Lipinski definition) is 1. The van der Waals surface area contributed by atoms with E-state index in [1.54, 1.807) is 30.3 Å². The number of ether oxygens (including phenoxy) is 3. The van der Waals surface area contributed by atoms with E-state index in [2.05, 4.69) is 21.2 Å². The van der Waals surface area contributed by atoms with Gasteiger partial charge in [0.1, 0.15) is 11.5 Å². The Morgan fingerprint density at radius 2 is 1.94 bits per heavy atom. The lowest BCUT2D eigenvalue weighted by Gasteiger charge is -2.20. The molecule has 0 aromatic heterocycles. The molecule has 1 atom stereocenters. The van der Waals surface area contributed by atoms with Gasteiger partial charge in [-0.15, -0.1) is 0 Å². The second-order valence-electron chi connectivity index (χ2n) is 7.06. The summed E-state index contributed by atoms with van der Waals surface area (Å²) in [6.07, 6.45) is -0.00722. The van der Waals surface area contributed by atoms with Crippen molar-refractivity contribution < 1.29 is 28.6 Å². The zero-order valence-electron chi connectivity index (χ0n) is 17.4. The Hall–Kier alpha value is -3.07. The second kappa shape index (κ2) is 9.82. The first-order valence-electron chi connectivity index (χ1n) is 9.57. The van der Waals surface area contributed by atoms with Gasteiger partial charge in [0, 0.05) is 29.2 Å². The maximum atomic E-state index is 12.5. The maximum absolute atomic E-state index is 12.5. The van der Waals surface area contributed by atoms with Gasteiger partial charge in [0.15, 0.2) is 6.61 Å². The average molecular weight is 491 g/mol. The monoisotopic (exact) mass is 490 g/mol. The van der Waals surface area contributed by atoms with Gasteiger partial charge >= 0.3 is 5.97 Å². The fourth-order valence-corrected chi connectivity index (χ4v) is 3.53. The second-order valence-corrected chi connectivity index (χ2v) is 7.92. The molecule has 164 valence electrons. The molecule has 0 unspecified atom stereocenters. The first kappa shape index (κ1) is 22.6. The Kier molecular flexibility index (Phi) is 7.17. The molecule has 2 aromatic rings. The molecule has 1 fully saturated rings. The van der Waals surface area contributed by atoms with Gasteiger partial charge < -0.3 is 24.4 Å². The van der Waals surface area contributed by atoms with Crippen LogP contribution in [-0.2, 0) is 19.1 Å². The van der Waals surface area contributed by atoms with E-state index in [9.17, 15) is 14.4 Å². The Bertz CT molecular complexity index is 1010. The largest absolute Gasteiger partial charge is 0.497 e. The molecule has 3 rings (SSSR count). The Labute approximate surface area is 188 Å². The molecular weight excluding hydrogens is 468 g/mol. The molecule has 0 aliphatic carbocycles. The summed E-state index contributed by atoms with van der Waals surface area (Å²) in [4.78, 5) is 38.6. The van der Waals surface area contributed by atoms with Crippen molar-refractivity contribution in [3.05, 3.63) is 46.4 Å². The van der Waals surface area contributed by atoms with Crippen molar-refractivity contribution >= 4 is 45.1 Å². The summed E-state index contributed by atoms with van der Waals surface area (Å²) in [5.41, 5.74) is 2.09. The van der Waals surface area contributed by atoms with Gasteiger partial charge in [0.25, 0.3) is 5.91 Å². The number of carbonyl (C=O) groups is 3. The lowest BCUT2D eigenvalue weighted by atomic mass is 10.1. The first-order chi connectivity index (χ1) is 14.8. The molecule has 8 nitrogen and oxygen atoms in total. The number of nitrogens with zero attached hydrogens (tertiary/aromatic N) is 1. The van der Waals surface area contributed by atoms with Crippen molar-refractivity contribution in [2.45, 2.75) is 13.3 Å². The molecule has 1 saturated heterocycles. The molecule has 1 aliphatic rings. The number of nitrogens with one attached hydrogen (secondary N) is 1. The van der Waals surface area contributed by atoms with Crippen molar-refractivity contribution in [3.63, 3.8) is 0 Å². The first-order valence-corrected chi connectivity index (χ1v) is 10.4. The lowest BCUT2D eigenvalue weighted by Crippen LogP contribution is -2.28. The van der Waals surface area contributed by atoms with Crippen molar-refractivity contribution in [2.75, 3.05) is 37.6 Å². The molecule has 0 radical (unpaired) electrons. The van der Waals surface area contributed by atoms with Crippen LogP contribution in [0, 0.1) is 12.8 Å². The van der Waals surface area contributed by atoms with Gasteiger partial charge in [-0.1, -0.05) is 15.9 Å². The molecular formula is C22H23BrN2O6. The van der Waals surface area contributed by atoms with Crippen molar-refractivity contribution in [3.8, 4) is 11.5 Å². The number of esters is 1. The van der Waals surface area contributed by atoms with Gasteiger partial charge in [0.2, 0.25) is 5.91 Å². The van der Waals surface area contributed by atoms with Gasteiger partial charge in [-0.05, 0) is 42.8 Å². The van der Waals surface area contributed by atoms with Crippen LogP contribution in [0.25, 0.3) is 0 Å². The van der Waals surface area contributed by atoms with Gasteiger partial charge in [-0.3, -0.25) is 14.4 Å². The van der Waals surface area contributed by atoms with E-state index in [-0.39, 0.29) is 18.9 Å². The minimum atomic E-state index is -0.675. The third kappa shape index (κ3) is 5.35. The fraction of sp³-hybridized carbons (Fsp3) is 0.318. The van der Waals surface area contributed by atoms with E-state index in [0.717, 1.165) is 10.0 Å². The normalized spacial score (nSPS) is 15.5. The molecule has 2 aromatic carbocycles. The molecule has 1 N–H and O–H groups in total. The smallest absolute Gasteiger partial charge is 0.311 e. The van der Waals surface area contributed by atoms with Crippen LogP contribution < -0.4 is 19.7 Å². The summed E-state index contributed by atoms with van der Waals surface area (Å²) in [7, 11) is 3.03. The summed E-state index contributed by atoms with van der Waals surface area (Å²) < 4.78 is 16.6. The summed E-state index contributed by atoms with van der Waals surface area (Å²) in [6, 6.07) is 10.5. The molecule has 9 heteroatoms. The standard InChI is InChI=1S/C22H23BrN2O6/c1-13-8-15(4-6-17(13)23)24-20(26)12-31-22(28)14-9-21(27)25(11-14)18-10-16(29-2)5-7-19(18)30-3/h4-8,10,14H,9,11-12H2,1-3H3,(H,24,26)/t14-/m1/s1. The highest BCUT2D eigenvalue weighted by molar-refractivity contribution is 9.10. The number of aryl methyl sites for hydroxylation is 1. The third-order valence-electron chi connectivity index (χ3n) is 4.92. The number of rotatable bonds is 7. The predicted octanol–water partition coefficient (Wildman–Crippen LogP) is 3.31. The number of halogens is 1. The van der Waals surface area contributed by atoms with Crippen LogP contribution in [0.3, 0.4) is 0 Å². The predicted molar refractivity (Wildman–Crippen MR) is 118 cm³/mol. The Morgan fingerprint density at radius 1 is 1.16 bits per heavy atom. The van der Waals surface area contributed by atoms with Crippen molar-refractivity contribution in [2.24, 2.45) is 5.92 Å². The van der Waals surface area contributed by atoms with E-state index in [1.165, 1.54) is 19.1 Å². The number of hydrogen-bond acceptors (Lipinski definition) is 6. The SMILES string of the molecule is COc1ccc(OC)c(N2C[C@H](C(=O)OCC(=O)Nc3ccc(Br)c(C)c3)CC2=O)c1. The minimum absolute atomic E-state index is 0.00722. The fourth-order valence-electron chi connectivity index (χ4n) is 3.28. The summed E-state index contributed by atoms with van der Waals surface area (Å²) in [6.45, 7) is 1.61. The lowest BCUT2D eigenvalue weighted by molar-refractivity contribution is -0.151. The van der Waals surface area contributed by atoms with Crippen LogP contribution in [0.5, 0.6) is 11.5 Å². The van der Waals surface area contributed by atoms with Crippen LogP contribution in [0.1, 0.15) is 12.0 Å². The van der Waals surface area contributed by atoms with E-state index >= 15 is 0 Å². The topological polar surface area (TPSA) is 94.2 Å². The molecule has 31 heavy (non-hydrogen) atoms. The zero-order valence-corrected chi connectivity index (χ0v) is 19.0. The molecule has 0 spiro atoms. The molecule has 0 bridgehead atoms. The van der Waals surface area contributed by atoms with E-state index in [0.29, 0.717) is 22.9 Å². The summed E-state index contributed by atoms with van der Waals surface area (Å²) in [5, 5.41) is 2.68. The summed E-state index contributed by atoms with van der Waals surface area (Å²) >= 11 is 3.40. The minimum Gasteiger partial charge on any atom is -0.497 e. The van der Waals surface area contributed by atoms with E-state index in [4.69, 9.17) is 14.2 Å². The highest BCUT2D eigenvalue weighted by Crippen LogP contribution is 2.36. The molecule has 1 aliphatic heterocycles. The van der Waals surface area contributed by atoms with Crippen LogP contribution >= 0.6 is 15.9 Å². The van der Waals surface area contributed by atoms with Crippen molar-refractivity contribution in [1.29, 1.82) is 0 Å². The van der Waals surface area contributed by atoms with Crippen LogP contribution in [0.15, 0.2) is 40.9 Å².